The summed E-state index contributed by atoms with van der Waals surface area (Å²) in [7, 11) is 1.59. The van der Waals surface area contributed by atoms with Crippen LogP contribution in [0.5, 0.6) is 5.75 Å². The zero-order valence-electron chi connectivity index (χ0n) is 12.9. The minimum Gasteiger partial charge on any atom is -0.496 e. The van der Waals surface area contributed by atoms with Crippen LogP contribution >= 0.6 is 15.9 Å². The van der Waals surface area contributed by atoms with Crippen molar-refractivity contribution in [3.05, 3.63) is 64.5 Å². The molecule has 1 amide bonds. The molecule has 0 aliphatic carbocycles. The first-order valence-corrected chi connectivity index (χ1v) is 8.05. The van der Waals surface area contributed by atoms with Crippen LogP contribution in [0.1, 0.15) is 11.4 Å². The number of hydrogen-bond donors (Lipinski definition) is 1. The number of carbonyl (C=O) groups excluding carboxylic acids is 1. The molecule has 0 aliphatic heterocycles. The average molecular weight is 387 g/mol. The second kappa shape index (κ2) is 7.27. The molecule has 0 spiro atoms. The van der Waals surface area contributed by atoms with Crippen molar-refractivity contribution in [1.82, 2.24) is 19.9 Å². The first-order valence-electron chi connectivity index (χ1n) is 7.25. The maximum Gasteiger partial charge on any atom is 0.244 e. The van der Waals surface area contributed by atoms with E-state index in [1.165, 1.54) is 6.08 Å². The van der Waals surface area contributed by atoms with Crippen molar-refractivity contribution >= 4 is 33.6 Å². The van der Waals surface area contributed by atoms with Gasteiger partial charge >= 0.3 is 0 Å². The molecule has 0 atom stereocenters. The molecule has 1 N–H and O–H groups in total. The number of rotatable bonds is 5. The molecule has 6 nitrogen and oxygen atoms in total. The number of halogens is 1. The Morgan fingerprint density at radius 2 is 2.21 bits per heavy atom. The summed E-state index contributed by atoms with van der Waals surface area (Å²) in [5, 5.41) is 10.9. The smallest absolute Gasteiger partial charge is 0.244 e. The van der Waals surface area contributed by atoms with Crippen molar-refractivity contribution in [2.75, 3.05) is 7.11 Å². The topological polar surface area (TPSA) is 68.5 Å². The Kier molecular flexibility index (Phi) is 4.90. The number of fused-ring (bicyclic) bond motifs is 1. The summed E-state index contributed by atoms with van der Waals surface area (Å²) in [6.45, 7) is 0.296. The number of benzene rings is 1. The van der Waals surface area contributed by atoms with E-state index < -0.39 is 0 Å². The summed E-state index contributed by atoms with van der Waals surface area (Å²) >= 11 is 3.40. The Morgan fingerprint density at radius 3 is 3.04 bits per heavy atom. The normalized spacial score (nSPS) is 11.1. The summed E-state index contributed by atoms with van der Waals surface area (Å²) < 4.78 is 8.02. The Bertz CT molecular complexity index is 904. The van der Waals surface area contributed by atoms with Crippen molar-refractivity contribution in [3.8, 4) is 5.75 Å². The predicted octanol–water partition coefficient (Wildman–Crippen LogP) is 2.83. The van der Waals surface area contributed by atoms with Gasteiger partial charge in [0.25, 0.3) is 0 Å². The number of nitrogens with one attached hydrogen (secondary N) is 1. The van der Waals surface area contributed by atoms with Gasteiger partial charge in [0.1, 0.15) is 5.75 Å². The van der Waals surface area contributed by atoms with Gasteiger partial charge in [0.2, 0.25) is 5.91 Å². The van der Waals surface area contributed by atoms with E-state index in [0.717, 1.165) is 15.7 Å². The Balaban J connectivity index is 1.67. The standard InChI is InChI=1S/C17H15BrN4O2/c1-24-14-7-6-13(18)10-12(14)5-8-17(23)19-11-16-21-20-15-4-2-3-9-22(15)16/h2-10H,11H2,1H3,(H,19,23)/b8-5+. The summed E-state index contributed by atoms with van der Waals surface area (Å²) in [6.07, 6.45) is 5.04. The second-order valence-electron chi connectivity index (χ2n) is 4.98. The quantitative estimate of drug-likeness (QED) is 0.684. The molecule has 24 heavy (non-hydrogen) atoms. The van der Waals surface area contributed by atoms with Crippen LogP contribution in [0.2, 0.25) is 0 Å². The maximum atomic E-state index is 12.0. The molecule has 0 bridgehead atoms. The van der Waals surface area contributed by atoms with Gasteiger partial charge in [-0.3, -0.25) is 9.20 Å². The van der Waals surface area contributed by atoms with Crippen molar-refractivity contribution in [2.24, 2.45) is 0 Å². The van der Waals surface area contributed by atoms with Crippen molar-refractivity contribution in [3.63, 3.8) is 0 Å². The van der Waals surface area contributed by atoms with Crippen molar-refractivity contribution in [2.45, 2.75) is 6.54 Å². The highest BCUT2D eigenvalue weighted by atomic mass is 79.9. The number of carbonyl (C=O) groups is 1. The molecule has 0 saturated heterocycles. The van der Waals surface area contributed by atoms with E-state index in [0.29, 0.717) is 18.1 Å². The fourth-order valence-electron chi connectivity index (χ4n) is 2.24. The van der Waals surface area contributed by atoms with Gasteiger partial charge in [-0.2, -0.15) is 0 Å². The zero-order valence-corrected chi connectivity index (χ0v) is 14.5. The molecule has 0 unspecified atom stereocenters. The molecule has 0 aliphatic rings. The molecule has 2 heterocycles. The number of amides is 1. The van der Waals surface area contributed by atoms with Gasteiger partial charge in [-0.25, -0.2) is 0 Å². The van der Waals surface area contributed by atoms with E-state index in [2.05, 4.69) is 31.4 Å². The number of hydrogen-bond acceptors (Lipinski definition) is 4. The molecule has 0 saturated carbocycles. The molecule has 1 aromatic carbocycles. The van der Waals surface area contributed by atoms with Crippen molar-refractivity contribution in [1.29, 1.82) is 0 Å². The molecule has 0 radical (unpaired) electrons. The number of nitrogens with zero attached hydrogens (tertiary/aromatic N) is 3. The summed E-state index contributed by atoms with van der Waals surface area (Å²) in [5.74, 6) is 1.16. The van der Waals surface area contributed by atoms with E-state index in [9.17, 15) is 4.79 Å². The Labute approximate surface area is 147 Å². The molecule has 0 fully saturated rings. The summed E-state index contributed by atoms with van der Waals surface area (Å²) in [6, 6.07) is 11.2. The highest BCUT2D eigenvalue weighted by molar-refractivity contribution is 9.10. The van der Waals surface area contributed by atoms with Crippen LogP contribution in [0, 0.1) is 0 Å². The average Bonchev–Trinajstić information content (AvgIpc) is 3.01. The number of aromatic nitrogens is 3. The highest BCUT2D eigenvalue weighted by Gasteiger charge is 2.06. The monoisotopic (exact) mass is 386 g/mol. The number of methoxy groups -OCH3 is 1. The van der Waals surface area contributed by atoms with Gasteiger partial charge in [0.05, 0.1) is 13.7 Å². The van der Waals surface area contributed by atoms with Crippen LogP contribution in [-0.2, 0) is 11.3 Å². The highest BCUT2D eigenvalue weighted by Crippen LogP contribution is 2.24. The second-order valence-corrected chi connectivity index (χ2v) is 5.90. The fraction of sp³-hybridized carbons (Fsp3) is 0.118. The molecule has 122 valence electrons. The molecular weight excluding hydrogens is 372 g/mol. The van der Waals surface area contributed by atoms with Gasteiger partial charge in [-0.05, 0) is 36.4 Å². The zero-order chi connectivity index (χ0) is 16.9. The Morgan fingerprint density at radius 1 is 1.33 bits per heavy atom. The fourth-order valence-corrected chi connectivity index (χ4v) is 2.62. The first-order chi connectivity index (χ1) is 11.7. The van der Waals surface area contributed by atoms with E-state index >= 15 is 0 Å². The first kappa shape index (κ1) is 16.2. The molecule has 2 aromatic heterocycles. The van der Waals surface area contributed by atoms with Crippen LogP contribution in [-0.4, -0.2) is 27.6 Å². The van der Waals surface area contributed by atoms with Crippen LogP contribution in [0.15, 0.2) is 53.1 Å². The van der Waals surface area contributed by atoms with Crippen molar-refractivity contribution < 1.29 is 9.53 Å². The lowest BCUT2D eigenvalue weighted by Gasteiger charge is -2.05. The van der Waals surface area contributed by atoms with Gasteiger partial charge < -0.3 is 10.1 Å². The molecular formula is C17H15BrN4O2. The maximum absolute atomic E-state index is 12.0. The van der Waals surface area contributed by atoms with Gasteiger partial charge in [0.15, 0.2) is 11.5 Å². The number of pyridine rings is 1. The van der Waals surface area contributed by atoms with Crippen LogP contribution in [0.4, 0.5) is 0 Å². The minimum absolute atomic E-state index is 0.218. The van der Waals surface area contributed by atoms with Gasteiger partial charge in [-0.1, -0.05) is 22.0 Å². The third-order valence-electron chi connectivity index (χ3n) is 3.41. The van der Waals surface area contributed by atoms with Gasteiger partial charge in [0, 0.05) is 22.3 Å². The third-order valence-corrected chi connectivity index (χ3v) is 3.90. The lowest BCUT2D eigenvalue weighted by molar-refractivity contribution is -0.116. The summed E-state index contributed by atoms with van der Waals surface area (Å²) in [5.41, 5.74) is 1.56. The van der Waals surface area contributed by atoms with E-state index in [1.807, 2.05) is 47.0 Å². The SMILES string of the molecule is COc1ccc(Br)cc1/C=C/C(=O)NCc1nnc2ccccn12. The Hall–Kier alpha value is -2.67. The third kappa shape index (κ3) is 3.62. The number of ether oxygens (including phenoxy) is 1. The lowest BCUT2D eigenvalue weighted by atomic mass is 10.2. The van der Waals surface area contributed by atoms with Crippen LogP contribution in [0.25, 0.3) is 11.7 Å². The van der Waals surface area contributed by atoms with Gasteiger partial charge in [-0.15, -0.1) is 10.2 Å². The largest absolute Gasteiger partial charge is 0.496 e. The van der Waals surface area contributed by atoms with E-state index in [4.69, 9.17) is 4.74 Å². The van der Waals surface area contributed by atoms with E-state index in [-0.39, 0.29) is 5.91 Å². The molecule has 7 heteroatoms. The minimum atomic E-state index is -0.218. The molecule has 3 rings (SSSR count). The summed E-state index contributed by atoms with van der Waals surface area (Å²) in [4.78, 5) is 12.0. The predicted molar refractivity (Wildman–Crippen MR) is 94.6 cm³/mol. The van der Waals surface area contributed by atoms with E-state index in [1.54, 1.807) is 13.2 Å². The lowest BCUT2D eigenvalue weighted by Crippen LogP contribution is -2.21. The van der Waals surface area contributed by atoms with Crippen LogP contribution < -0.4 is 10.1 Å². The molecule has 3 aromatic rings. The van der Waals surface area contributed by atoms with Crippen LogP contribution in [0.3, 0.4) is 0 Å².